The van der Waals surface area contributed by atoms with Crippen LogP contribution in [0.2, 0.25) is 10.0 Å². The third kappa shape index (κ3) is 11.2. The lowest BCUT2D eigenvalue weighted by Gasteiger charge is -2.30. The van der Waals surface area contributed by atoms with Crippen molar-refractivity contribution in [2.45, 2.75) is 66.4 Å². The summed E-state index contributed by atoms with van der Waals surface area (Å²) in [6.07, 6.45) is -2.37. The summed E-state index contributed by atoms with van der Waals surface area (Å²) in [4.78, 5) is 64.7. The lowest BCUT2D eigenvalue weighted by atomic mass is 9.96. The molecule has 0 unspecified atom stereocenters. The number of carbonyl (C=O) groups is 4. The van der Waals surface area contributed by atoms with Crippen LogP contribution in [0, 0.1) is 17.3 Å². The molecule has 0 aliphatic carbocycles. The molecule has 0 spiro atoms. The van der Waals surface area contributed by atoms with Crippen molar-refractivity contribution in [2.24, 2.45) is 17.3 Å². The number of hydrogen-bond donors (Lipinski definition) is 5. The monoisotopic (exact) mass is 874 g/mol. The number of imidazole rings is 1. The molecule has 3 heterocycles. The number of hydrogen-bond acceptors (Lipinski definition) is 9. The SMILES string of the molecule is COC(=O)N[C@H](C(=O)N1C[C@@H](C)C[C@H]1c1ncc(-c2ccc(-c3cc(Cl)c(NC(=O)c4ccc(NCCNC(=O)C(C)(C)C)nc4)c(Cl)c3OC(F)(F)F)cc2)[nH]1)C(C)C. The number of alkyl halides is 3. The molecule has 4 amide bonds. The predicted molar refractivity (Wildman–Crippen MR) is 222 cm³/mol. The molecule has 0 saturated carbocycles. The molecular formula is C41H47Cl2F3N8O6. The van der Waals surface area contributed by atoms with Crippen LogP contribution in [0.25, 0.3) is 22.4 Å². The van der Waals surface area contributed by atoms with Gasteiger partial charge in [0.2, 0.25) is 11.8 Å². The highest BCUT2D eigenvalue weighted by Crippen LogP contribution is 2.47. The minimum Gasteiger partial charge on any atom is -0.453 e. The van der Waals surface area contributed by atoms with E-state index in [4.69, 9.17) is 27.9 Å². The summed E-state index contributed by atoms with van der Waals surface area (Å²) in [6.45, 7) is 12.2. The van der Waals surface area contributed by atoms with Gasteiger partial charge in [0.15, 0.2) is 5.75 Å². The molecule has 14 nitrogen and oxygen atoms in total. The van der Waals surface area contributed by atoms with Gasteiger partial charge < -0.3 is 40.6 Å². The predicted octanol–water partition coefficient (Wildman–Crippen LogP) is 8.46. The van der Waals surface area contributed by atoms with Gasteiger partial charge in [-0.3, -0.25) is 14.4 Å². The number of pyridine rings is 1. The molecule has 5 rings (SSSR count). The second-order valence-corrected chi connectivity index (χ2v) is 16.5. The van der Waals surface area contributed by atoms with Crippen LogP contribution >= 0.6 is 23.2 Å². The maximum atomic E-state index is 13.8. The summed E-state index contributed by atoms with van der Waals surface area (Å²) in [5.74, 6) is -0.998. The summed E-state index contributed by atoms with van der Waals surface area (Å²) < 4.78 is 50.5. The Kier molecular flexibility index (Phi) is 14.3. The van der Waals surface area contributed by atoms with Gasteiger partial charge in [0.25, 0.3) is 5.91 Å². The van der Waals surface area contributed by atoms with Crippen LogP contribution in [0.4, 0.5) is 29.5 Å². The molecule has 3 atom stereocenters. The number of ether oxygens (including phenoxy) is 2. The third-order valence-electron chi connectivity index (χ3n) is 9.66. The van der Waals surface area contributed by atoms with E-state index in [0.29, 0.717) is 49.0 Å². The molecule has 5 N–H and O–H groups in total. The molecule has 4 aromatic rings. The fourth-order valence-corrected chi connectivity index (χ4v) is 7.09. The Labute approximate surface area is 355 Å². The van der Waals surface area contributed by atoms with Crippen LogP contribution < -0.4 is 26.0 Å². The van der Waals surface area contributed by atoms with Crippen molar-refractivity contribution in [3.05, 3.63) is 76.3 Å². The minimum atomic E-state index is -5.15. The van der Waals surface area contributed by atoms with Crippen molar-refractivity contribution in [1.82, 2.24) is 30.5 Å². The summed E-state index contributed by atoms with van der Waals surface area (Å²) >= 11 is 13.1. The second kappa shape index (κ2) is 18.8. The van der Waals surface area contributed by atoms with Gasteiger partial charge in [0.05, 0.1) is 41.3 Å². The van der Waals surface area contributed by atoms with E-state index < -0.39 is 46.6 Å². The summed E-state index contributed by atoms with van der Waals surface area (Å²) in [6, 6.07) is 9.40. The van der Waals surface area contributed by atoms with Gasteiger partial charge in [-0.1, -0.05) is 89.0 Å². The van der Waals surface area contributed by atoms with Gasteiger partial charge >= 0.3 is 12.5 Å². The molecule has 2 aromatic carbocycles. The van der Waals surface area contributed by atoms with Crippen LogP contribution in [0.5, 0.6) is 5.75 Å². The molecule has 2 aromatic heterocycles. The van der Waals surface area contributed by atoms with Crippen molar-refractivity contribution in [2.75, 3.05) is 37.4 Å². The molecular weight excluding hydrogens is 828 g/mol. The van der Waals surface area contributed by atoms with E-state index in [9.17, 15) is 32.3 Å². The fourth-order valence-electron chi connectivity index (χ4n) is 6.50. The van der Waals surface area contributed by atoms with Crippen molar-refractivity contribution in [1.29, 1.82) is 0 Å². The maximum Gasteiger partial charge on any atom is 0.573 e. The van der Waals surface area contributed by atoms with E-state index in [1.165, 1.54) is 31.5 Å². The summed E-state index contributed by atoms with van der Waals surface area (Å²) in [5, 5.41) is 10.2. The first-order chi connectivity index (χ1) is 28.2. The Balaban J connectivity index is 1.33. The number of carbonyl (C=O) groups excluding carboxylic acids is 4. The number of anilines is 2. The van der Waals surface area contributed by atoms with Gasteiger partial charge in [-0.25, -0.2) is 14.8 Å². The van der Waals surface area contributed by atoms with Crippen LogP contribution in [-0.2, 0) is 14.3 Å². The van der Waals surface area contributed by atoms with Crippen molar-refractivity contribution < 1.29 is 41.8 Å². The number of aromatic amines is 1. The van der Waals surface area contributed by atoms with Crippen molar-refractivity contribution >= 4 is 58.5 Å². The van der Waals surface area contributed by atoms with Gasteiger partial charge in [0.1, 0.15) is 22.7 Å². The fraction of sp³-hybridized carbons (Fsp3) is 0.415. The first kappa shape index (κ1) is 45.5. The van der Waals surface area contributed by atoms with Crippen LogP contribution in [0.1, 0.15) is 70.2 Å². The van der Waals surface area contributed by atoms with Crippen molar-refractivity contribution in [3.63, 3.8) is 0 Å². The van der Waals surface area contributed by atoms with E-state index in [2.05, 4.69) is 41.0 Å². The first-order valence-electron chi connectivity index (χ1n) is 19.0. The molecule has 60 heavy (non-hydrogen) atoms. The molecule has 322 valence electrons. The summed E-state index contributed by atoms with van der Waals surface area (Å²) in [5.41, 5.74) is 0.612. The van der Waals surface area contributed by atoms with Gasteiger partial charge in [-0.15, -0.1) is 13.2 Å². The molecule has 19 heteroatoms. The van der Waals surface area contributed by atoms with Crippen LogP contribution in [0.3, 0.4) is 0 Å². The number of rotatable bonds is 13. The maximum absolute atomic E-state index is 13.8. The number of halogens is 5. The third-order valence-corrected chi connectivity index (χ3v) is 10.3. The number of methoxy groups -OCH3 is 1. The molecule has 1 aliphatic heterocycles. The average Bonchev–Trinajstić information content (AvgIpc) is 3.84. The van der Waals surface area contributed by atoms with Crippen LogP contribution in [-0.4, -0.2) is 82.8 Å². The highest BCUT2D eigenvalue weighted by Gasteiger charge is 2.40. The largest absolute Gasteiger partial charge is 0.573 e. The highest BCUT2D eigenvalue weighted by atomic mass is 35.5. The quantitative estimate of drug-likeness (QED) is 0.0824. The Morgan fingerprint density at radius 2 is 1.67 bits per heavy atom. The lowest BCUT2D eigenvalue weighted by molar-refractivity contribution is -0.274. The Morgan fingerprint density at radius 3 is 2.27 bits per heavy atom. The van der Waals surface area contributed by atoms with Crippen molar-refractivity contribution in [3.8, 4) is 28.1 Å². The number of nitrogens with one attached hydrogen (secondary N) is 5. The zero-order chi connectivity index (χ0) is 44.1. The minimum absolute atomic E-state index is 0.0608. The van der Waals surface area contributed by atoms with Gasteiger partial charge in [-0.05, 0) is 47.6 Å². The Hall–Kier alpha value is -5.55. The zero-order valence-corrected chi connectivity index (χ0v) is 35.5. The number of H-pyrrole nitrogens is 1. The van der Waals surface area contributed by atoms with E-state index in [-0.39, 0.29) is 51.1 Å². The van der Waals surface area contributed by atoms with E-state index in [0.717, 1.165) is 0 Å². The zero-order valence-electron chi connectivity index (χ0n) is 34.0. The highest BCUT2D eigenvalue weighted by molar-refractivity contribution is 6.41. The Morgan fingerprint density at radius 1 is 0.983 bits per heavy atom. The topological polar surface area (TPSA) is 180 Å². The molecule has 0 bridgehead atoms. The van der Waals surface area contributed by atoms with Gasteiger partial charge in [-0.2, -0.15) is 0 Å². The Bertz CT molecular complexity index is 2190. The average molecular weight is 876 g/mol. The number of likely N-dealkylation sites (tertiary alicyclic amines) is 1. The number of aromatic nitrogens is 3. The summed E-state index contributed by atoms with van der Waals surface area (Å²) in [7, 11) is 1.23. The smallest absolute Gasteiger partial charge is 0.453 e. The number of benzene rings is 2. The second-order valence-electron chi connectivity index (χ2n) is 15.8. The normalized spacial score (nSPS) is 16.0. The van der Waals surface area contributed by atoms with E-state index >= 15 is 0 Å². The standard InChI is InChI=1S/C41H47Cl2F3N8O6/c1-21(2)32(53-39(58)59-7)37(56)54-20-22(3)16-29(54)35-50-19-28(51-35)24-10-8-23(9-11-24)26-17-27(42)33(31(43)34(26)60-41(44,45)46)52-36(55)25-12-13-30(49-18-25)47-14-15-48-38(57)40(4,5)6/h8-13,17-19,21-22,29,32H,14-16,20H2,1-7H3,(H,47,49)(H,48,57)(H,50,51)(H,52,55)(H,53,58)/t22-,29-,32-/m0/s1. The van der Waals surface area contributed by atoms with E-state index in [1.54, 1.807) is 56.1 Å². The van der Waals surface area contributed by atoms with Gasteiger partial charge in [0, 0.05) is 36.8 Å². The molecule has 1 fully saturated rings. The first-order valence-corrected chi connectivity index (χ1v) is 19.8. The number of alkyl carbamates (subject to hydrolysis) is 1. The molecule has 1 saturated heterocycles. The van der Waals surface area contributed by atoms with E-state index in [1.807, 2.05) is 20.8 Å². The lowest BCUT2D eigenvalue weighted by Crippen LogP contribution is -2.51. The molecule has 0 radical (unpaired) electrons. The number of nitrogens with zero attached hydrogens (tertiary/aromatic N) is 3. The molecule has 1 aliphatic rings. The van der Waals surface area contributed by atoms with Crippen LogP contribution in [0.15, 0.2) is 54.9 Å². The number of amides is 4.